The van der Waals surface area contributed by atoms with E-state index in [4.69, 9.17) is 0 Å². The number of hydrogen-bond donors (Lipinski definition) is 1. The minimum atomic E-state index is -0.457. The molecule has 1 saturated heterocycles. The van der Waals surface area contributed by atoms with Gasteiger partial charge >= 0.3 is 0 Å². The lowest BCUT2D eigenvalue weighted by Crippen LogP contribution is -2.67. The van der Waals surface area contributed by atoms with Crippen LogP contribution in [-0.4, -0.2) is 28.8 Å². The third kappa shape index (κ3) is 3.64. The number of amides is 2. The van der Waals surface area contributed by atoms with Crippen LogP contribution in [0.2, 0.25) is 0 Å². The summed E-state index contributed by atoms with van der Waals surface area (Å²) in [7, 11) is 0. The van der Waals surface area contributed by atoms with Crippen LogP contribution in [0.5, 0.6) is 0 Å². The summed E-state index contributed by atoms with van der Waals surface area (Å²) in [5.74, 6) is 0.349. The van der Waals surface area contributed by atoms with Crippen molar-refractivity contribution in [2.75, 3.05) is 0 Å². The fourth-order valence-corrected chi connectivity index (χ4v) is 5.37. The van der Waals surface area contributed by atoms with Gasteiger partial charge in [0.2, 0.25) is 11.8 Å². The number of fused-ring (bicyclic) bond motifs is 1. The van der Waals surface area contributed by atoms with Crippen LogP contribution in [0.1, 0.15) is 56.3 Å². The van der Waals surface area contributed by atoms with Crippen LogP contribution in [0, 0.1) is 11.8 Å². The normalized spacial score (nSPS) is 22.9. The maximum absolute atomic E-state index is 13.9. The number of piperazine rings is 1. The number of nitrogens with zero attached hydrogens (tertiary/aromatic N) is 1. The molecule has 1 N–H and O–H groups in total. The van der Waals surface area contributed by atoms with E-state index in [2.05, 4.69) is 62.5 Å². The molecule has 0 spiro atoms. The Morgan fingerprint density at radius 3 is 2.07 bits per heavy atom. The molecule has 158 valence electrons. The van der Waals surface area contributed by atoms with Gasteiger partial charge < -0.3 is 10.2 Å². The Morgan fingerprint density at radius 2 is 1.50 bits per heavy atom. The van der Waals surface area contributed by atoms with Crippen molar-refractivity contribution in [3.05, 3.63) is 71.3 Å². The SMILES string of the molecule is CCC(CC)C1C(=O)NC(C2Cc3ccccc3C2)C(=O)N1[C@H](C)c1ccccc1. The van der Waals surface area contributed by atoms with Gasteiger partial charge in [0.25, 0.3) is 0 Å². The standard InChI is InChI=1S/C26H32N2O2/c1-4-18(5-2)24-25(29)27-23(22-15-20-13-9-10-14-21(20)16-22)26(30)28(24)17(3)19-11-7-6-8-12-19/h6-14,17-18,22-24H,4-5,15-16H2,1-3H3,(H,27,29)/t17-,23?,24?/m1/s1. The maximum Gasteiger partial charge on any atom is 0.246 e. The molecule has 4 nitrogen and oxygen atoms in total. The molecule has 1 heterocycles. The van der Waals surface area contributed by atoms with Crippen LogP contribution < -0.4 is 5.32 Å². The molecule has 30 heavy (non-hydrogen) atoms. The largest absolute Gasteiger partial charge is 0.342 e. The molecule has 0 saturated carbocycles. The number of benzene rings is 2. The molecule has 0 bridgehead atoms. The first-order chi connectivity index (χ1) is 14.5. The van der Waals surface area contributed by atoms with Crippen molar-refractivity contribution < 1.29 is 9.59 Å². The lowest BCUT2D eigenvalue weighted by atomic mass is 9.84. The Kier molecular flexibility index (Phi) is 5.94. The second kappa shape index (κ2) is 8.63. The van der Waals surface area contributed by atoms with E-state index in [0.717, 1.165) is 31.2 Å². The van der Waals surface area contributed by atoms with Crippen molar-refractivity contribution in [2.45, 2.75) is 64.6 Å². The van der Waals surface area contributed by atoms with Gasteiger partial charge in [0.15, 0.2) is 0 Å². The summed E-state index contributed by atoms with van der Waals surface area (Å²) in [4.78, 5) is 29.2. The van der Waals surface area contributed by atoms with E-state index in [1.54, 1.807) is 0 Å². The first-order valence-electron chi connectivity index (χ1n) is 11.3. The third-order valence-corrected chi connectivity index (χ3v) is 7.14. The molecule has 0 aromatic heterocycles. The molecule has 4 heteroatoms. The molecule has 2 unspecified atom stereocenters. The van der Waals surface area contributed by atoms with Crippen molar-refractivity contribution >= 4 is 11.8 Å². The van der Waals surface area contributed by atoms with E-state index >= 15 is 0 Å². The Hall–Kier alpha value is -2.62. The molecule has 2 aromatic carbocycles. The highest BCUT2D eigenvalue weighted by Crippen LogP contribution is 2.36. The zero-order valence-corrected chi connectivity index (χ0v) is 18.2. The highest BCUT2D eigenvalue weighted by atomic mass is 16.2. The Morgan fingerprint density at radius 1 is 0.933 bits per heavy atom. The van der Waals surface area contributed by atoms with Crippen molar-refractivity contribution in [1.29, 1.82) is 0 Å². The molecule has 1 aliphatic heterocycles. The smallest absolute Gasteiger partial charge is 0.246 e. The lowest BCUT2D eigenvalue weighted by molar-refractivity contribution is -0.156. The van der Waals surface area contributed by atoms with Gasteiger partial charge in [0.05, 0.1) is 6.04 Å². The molecule has 4 rings (SSSR count). The van der Waals surface area contributed by atoms with Crippen molar-refractivity contribution in [1.82, 2.24) is 10.2 Å². The maximum atomic E-state index is 13.9. The van der Waals surface area contributed by atoms with E-state index in [9.17, 15) is 9.59 Å². The first-order valence-corrected chi connectivity index (χ1v) is 11.3. The quantitative estimate of drug-likeness (QED) is 0.781. The Balaban J connectivity index is 1.67. The second-order valence-electron chi connectivity index (χ2n) is 8.78. The fourth-order valence-electron chi connectivity index (χ4n) is 5.37. The summed E-state index contributed by atoms with van der Waals surface area (Å²) in [6.07, 6.45) is 3.44. The zero-order valence-electron chi connectivity index (χ0n) is 18.2. The molecule has 3 atom stereocenters. The number of carbonyl (C=O) groups is 2. The van der Waals surface area contributed by atoms with Crippen LogP contribution in [-0.2, 0) is 22.4 Å². The van der Waals surface area contributed by atoms with Gasteiger partial charge in [-0.05, 0) is 48.3 Å². The molecule has 1 fully saturated rings. The Bertz CT molecular complexity index is 881. The van der Waals surface area contributed by atoms with Gasteiger partial charge in [0.1, 0.15) is 12.1 Å². The van der Waals surface area contributed by atoms with Crippen molar-refractivity contribution in [3.63, 3.8) is 0 Å². The van der Waals surface area contributed by atoms with Gasteiger partial charge in [-0.15, -0.1) is 0 Å². The molecule has 2 aliphatic rings. The average molecular weight is 405 g/mol. The number of hydrogen-bond acceptors (Lipinski definition) is 2. The van der Waals surface area contributed by atoms with E-state index in [0.29, 0.717) is 0 Å². The van der Waals surface area contributed by atoms with Gasteiger partial charge in [-0.1, -0.05) is 81.3 Å². The number of carbonyl (C=O) groups excluding carboxylic acids is 2. The first kappa shape index (κ1) is 20.6. The van der Waals surface area contributed by atoms with Crippen molar-refractivity contribution in [3.8, 4) is 0 Å². The predicted molar refractivity (Wildman–Crippen MR) is 119 cm³/mol. The van der Waals surface area contributed by atoms with Gasteiger partial charge in [0, 0.05) is 0 Å². The zero-order chi connectivity index (χ0) is 21.3. The Labute approximate surface area is 179 Å². The van der Waals surface area contributed by atoms with Crippen LogP contribution in [0.4, 0.5) is 0 Å². The number of nitrogens with one attached hydrogen (secondary N) is 1. The summed E-state index contributed by atoms with van der Waals surface area (Å²) in [6, 6.07) is 17.5. The minimum absolute atomic E-state index is 0.00652. The van der Waals surface area contributed by atoms with Gasteiger partial charge in [-0.3, -0.25) is 9.59 Å². The molecule has 1 aliphatic carbocycles. The minimum Gasteiger partial charge on any atom is -0.342 e. The van der Waals surface area contributed by atoms with Crippen LogP contribution >= 0.6 is 0 Å². The summed E-state index contributed by atoms with van der Waals surface area (Å²) < 4.78 is 0. The summed E-state index contributed by atoms with van der Waals surface area (Å²) in [5, 5.41) is 3.15. The van der Waals surface area contributed by atoms with Gasteiger partial charge in [-0.25, -0.2) is 0 Å². The van der Waals surface area contributed by atoms with Crippen LogP contribution in [0.3, 0.4) is 0 Å². The van der Waals surface area contributed by atoms with Crippen molar-refractivity contribution in [2.24, 2.45) is 11.8 Å². The topological polar surface area (TPSA) is 49.4 Å². The molecular weight excluding hydrogens is 372 g/mol. The average Bonchev–Trinajstić information content (AvgIpc) is 3.21. The lowest BCUT2D eigenvalue weighted by Gasteiger charge is -2.46. The summed E-state index contributed by atoms with van der Waals surface area (Å²) >= 11 is 0. The van der Waals surface area contributed by atoms with E-state index in [-0.39, 0.29) is 29.7 Å². The van der Waals surface area contributed by atoms with E-state index in [1.165, 1.54) is 11.1 Å². The monoisotopic (exact) mass is 404 g/mol. The number of rotatable bonds is 6. The van der Waals surface area contributed by atoms with Gasteiger partial charge in [-0.2, -0.15) is 0 Å². The third-order valence-electron chi connectivity index (χ3n) is 7.14. The molecule has 2 amide bonds. The van der Waals surface area contributed by atoms with E-state index in [1.807, 2.05) is 23.1 Å². The molecule has 2 aromatic rings. The predicted octanol–water partition coefficient (Wildman–Crippen LogP) is 4.29. The highest BCUT2D eigenvalue weighted by molar-refractivity contribution is 5.97. The van der Waals surface area contributed by atoms with Crippen LogP contribution in [0.15, 0.2) is 54.6 Å². The summed E-state index contributed by atoms with van der Waals surface area (Å²) in [5.41, 5.74) is 3.67. The second-order valence-corrected chi connectivity index (χ2v) is 8.78. The molecule has 0 radical (unpaired) electrons. The highest BCUT2D eigenvalue weighted by Gasteiger charge is 2.48. The van der Waals surface area contributed by atoms with E-state index < -0.39 is 12.1 Å². The summed E-state index contributed by atoms with van der Waals surface area (Å²) in [6.45, 7) is 6.27. The van der Waals surface area contributed by atoms with Crippen LogP contribution in [0.25, 0.3) is 0 Å². The fraction of sp³-hybridized carbons (Fsp3) is 0.462. The molecular formula is C26H32N2O2.